The van der Waals surface area contributed by atoms with Gasteiger partial charge in [0, 0.05) is 35.5 Å². The highest BCUT2D eigenvalue weighted by molar-refractivity contribution is 14.1. The maximum atomic E-state index is 12.4. The number of halogens is 1. The zero-order chi connectivity index (χ0) is 26.4. The molecule has 4 aliphatic carbocycles. The lowest BCUT2D eigenvalue weighted by molar-refractivity contribution is -0.219. The molecule has 0 aromatic rings. The Bertz CT molecular complexity index is 861. The molecule has 11 atom stereocenters. The Balaban J connectivity index is 1.71. The number of hydrogen-bond acceptors (Lipinski definition) is 6. The molecule has 0 spiro atoms. The van der Waals surface area contributed by atoms with Gasteiger partial charge in [-0.3, -0.25) is 14.4 Å². The molecule has 0 unspecified atom stereocenters. The van der Waals surface area contributed by atoms with Gasteiger partial charge in [-0.25, -0.2) is 0 Å². The molecule has 4 rings (SSSR count). The molecule has 0 heterocycles. The quantitative estimate of drug-likeness (QED) is 0.155. The molecule has 36 heavy (non-hydrogen) atoms. The van der Waals surface area contributed by atoms with Crippen LogP contribution in [0, 0.1) is 46.3 Å². The number of esters is 3. The van der Waals surface area contributed by atoms with E-state index >= 15 is 0 Å². The molecule has 0 aromatic carbocycles. The number of carbonyl (C=O) groups excluding carboxylic acids is 3. The third-order valence-electron chi connectivity index (χ3n) is 11.1. The van der Waals surface area contributed by atoms with Crippen molar-refractivity contribution >= 4 is 40.5 Å². The van der Waals surface area contributed by atoms with Crippen LogP contribution in [0.5, 0.6) is 0 Å². The highest BCUT2D eigenvalue weighted by Gasteiger charge is 2.67. The first kappa shape index (κ1) is 28.2. The zero-order valence-electron chi connectivity index (χ0n) is 22.9. The highest BCUT2D eigenvalue weighted by Crippen LogP contribution is 2.69. The third-order valence-corrected chi connectivity index (χ3v) is 12.2. The average Bonchev–Trinajstić information content (AvgIpc) is 3.16. The van der Waals surface area contributed by atoms with Crippen LogP contribution in [0.25, 0.3) is 0 Å². The van der Waals surface area contributed by atoms with E-state index in [-0.39, 0.29) is 46.9 Å². The minimum atomic E-state index is -0.212. The van der Waals surface area contributed by atoms with Crippen LogP contribution in [-0.4, -0.2) is 41.2 Å². The molecule has 4 aliphatic rings. The van der Waals surface area contributed by atoms with E-state index in [0.29, 0.717) is 39.9 Å². The Hall–Kier alpha value is -0.860. The Morgan fingerprint density at radius 3 is 2.31 bits per heavy atom. The molecular weight excluding hydrogens is 571 g/mol. The van der Waals surface area contributed by atoms with E-state index in [1.807, 2.05) is 0 Å². The predicted molar refractivity (Wildman–Crippen MR) is 145 cm³/mol. The Morgan fingerprint density at radius 1 is 0.972 bits per heavy atom. The van der Waals surface area contributed by atoms with Crippen LogP contribution in [0.3, 0.4) is 0 Å². The summed E-state index contributed by atoms with van der Waals surface area (Å²) in [7, 11) is 1.44. The van der Waals surface area contributed by atoms with Crippen molar-refractivity contribution in [3.05, 3.63) is 0 Å². The summed E-state index contributed by atoms with van der Waals surface area (Å²) >= 11 is 2.59. The average molecular weight is 617 g/mol. The first-order valence-electron chi connectivity index (χ1n) is 14.0. The van der Waals surface area contributed by atoms with Gasteiger partial charge in [0.1, 0.15) is 12.2 Å². The molecule has 0 N–H and O–H groups in total. The van der Waals surface area contributed by atoms with Gasteiger partial charge in [0.05, 0.1) is 7.11 Å². The monoisotopic (exact) mass is 616 g/mol. The van der Waals surface area contributed by atoms with Crippen molar-refractivity contribution in [2.45, 2.75) is 109 Å². The van der Waals surface area contributed by atoms with Crippen molar-refractivity contribution in [1.82, 2.24) is 0 Å². The summed E-state index contributed by atoms with van der Waals surface area (Å²) in [4.78, 5) is 36.6. The second-order valence-electron chi connectivity index (χ2n) is 12.7. The Morgan fingerprint density at radius 2 is 1.67 bits per heavy atom. The van der Waals surface area contributed by atoms with Crippen LogP contribution in [0.2, 0.25) is 0 Å². The smallest absolute Gasteiger partial charge is 0.305 e. The lowest BCUT2D eigenvalue weighted by atomic mass is 9.43. The van der Waals surface area contributed by atoms with Crippen LogP contribution in [0.1, 0.15) is 92.4 Å². The van der Waals surface area contributed by atoms with E-state index in [2.05, 4.69) is 43.4 Å². The third kappa shape index (κ3) is 4.95. The first-order valence-corrected chi connectivity index (χ1v) is 15.2. The van der Waals surface area contributed by atoms with E-state index in [4.69, 9.17) is 14.2 Å². The highest BCUT2D eigenvalue weighted by atomic mass is 127. The van der Waals surface area contributed by atoms with Crippen molar-refractivity contribution < 1.29 is 28.6 Å². The van der Waals surface area contributed by atoms with Gasteiger partial charge < -0.3 is 14.2 Å². The van der Waals surface area contributed by atoms with Gasteiger partial charge in [-0.15, -0.1) is 0 Å². The number of ether oxygens (including phenoxy) is 3. The fraction of sp³-hybridized carbons (Fsp3) is 0.897. The van der Waals surface area contributed by atoms with Crippen LogP contribution in [0.4, 0.5) is 0 Å². The molecule has 6 nitrogen and oxygen atoms in total. The molecule has 204 valence electrons. The van der Waals surface area contributed by atoms with E-state index in [1.165, 1.54) is 33.3 Å². The largest absolute Gasteiger partial charge is 0.469 e. The topological polar surface area (TPSA) is 78.9 Å². The van der Waals surface area contributed by atoms with Crippen molar-refractivity contribution in [2.75, 3.05) is 7.11 Å². The predicted octanol–water partition coefficient (Wildman–Crippen LogP) is 6.12. The number of fused-ring (bicyclic) bond motifs is 5. The maximum absolute atomic E-state index is 12.4. The number of hydrogen-bond donors (Lipinski definition) is 0. The van der Waals surface area contributed by atoms with E-state index in [0.717, 1.165) is 32.1 Å². The SMILES string of the molecule is COC(=O)CC[C@@H](C)[C@H]1CC[C@H]2[C@@H]3[C@H](OC(C)=O)C[C@@H]4C[C@@H](I)CC[C@]4(C)[C@H]3C[C@H](OC(C)=O)[C@]12C. The summed E-state index contributed by atoms with van der Waals surface area (Å²) in [6.07, 6.45) is 8.43. The fourth-order valence-corrected chi connectivity index (χ4v) is 10.3. The van der Waals surface area contributed by atoms with Gasteiger partial charge in [-0.2, -0.15) is 0 Å². The molecule has 0 saturated heterocycles. The summed E-state index contributed by atoms with van der Waals surface area (Å²) < 4.78 is 17.9. The van der Waals surface area contributed by atoms with Gasteiger partial charge in [0.15, 0.2) is 0 Å². The summed E-state index contributed by atoms with van der Waals surface area (Å²) in [5, 5.41) is 0. The summed E-state index contributed by atoms with van der Waals surface area (Å²) in [5.74, 6) is 1.59. The van der Waals surface area contributed by atoms with Crippen molar-refractivity contribution in [1.29, 1.82) is 0 Å². The lowest BCUT2D eigenvalue weighted by Gasteiger charge is -2.64. The molecule has 0 aromatic heterocycles. The lowest BCUT2D eigenvalue weighted by Crippen LogP contribution is -2.63. The van der Waals surface area contributed by atoms with E-state index < -0.39 is 0 Å². The normalized spacial score (nSPS) is 44.4. The minimum Gasteiger partial charge on any atom is -0.469 e. The number of alkyl halides is 1. The standard InChI is InChI=1S/C29H45IO6/c1-16(7-10-26(33)34-6)21-8-9-22-27-23(15-25(29(21,22)5)36-18(3)32)28(4)12-11-20(30)13-19(28)14-24(27)35-17(2)31/h16,19-25,27H,7-15H2,1-6H3/t16-,19+,20+,21-,22+,23+,24-,25+,27+,28+,29-/m1/s1. The molecule has 0 amide bonds. The van der Waals surface area contributed by atoms with Crippen LogP contribution in [-0.2, 0) is 28.6 Å². The number of rotatable bonds is 6. The van der Waals surface area contributed by atoms with Gasteiger partial charge >= 0.3 is 17.9 Å². The van der Waals surface area contributed by atoms with Crippen molar-refractivity contribution in [3.8, 4) is 0 Å². The molecule has 0 radical (unpaired) electrons. The summed E-state index contributed by atoms with van der Waals surface area (Å²) in [6, 6.07) is 0. The molecule has 4 saturated carbocycles. The Labute approximate surface area is 230 Å². The number of methoxy groups -OCH3 is 1. The fourth-order valence-electron chi connectivity index (χ4n) is 9.41. The van der Waals surface area contributed by atoms with Crippen LogP contribution < -0.4 is 0 Å². The zero-order valence-corrected chi connectivity index (χ0v) is 25.0. The first-order chi connectivity index (χ1) is 16.9. The minimum absolute atomic E-state index is 0.0704. The van der Waals surface area contributed by atoms with Gasteiger partial charge in [-0.1, -0.05) is 43.4 Å². The van der Waals surface area contributed by atoms with Gasteiger partial charge in [0.25, 0.3) is 0 Å². The molecule has 0 aliphatic heterocycles. The maximum Gasteiger partial charge on any atom is 0.305 e. The van der Waals surface area contributed by atoms with E-state index in [9.17, 15) is 14.4 Å². The molecule has 4 fully saturated rings. The van der Waals surface area contributed by atoms with Gasteiger partial charge in [0.2, 0.25) is 0 Å². The summed E-state index contributed by atoms with van der Waals surface area (Å²) in [5.41, 5.74) is -0.0261. The second-order valence-corrected chi connectivity index (χ2v) is 14.5. The Kier molecular flexibility index (Phi) is 8.38. The second kappa shape index (κ2) is 10.7. The van der Waals surface area contributed by atoms with Crippen LogP contribution >= 0.6 is 22.6 Å². The van der Waals surface area contributed by atoms with Gasteiger partial charge in [-0.05, 0) is 86.4 Å². The van der Waals surface area contributed by atoms with E-state index in [1.54, 1.807) is 6.92 Å². The number of carbonyl (C=O) groups is 3. The van der Waals surface area contributed by atoms with Crippen LogP contribution in [0.15, 0.2) is 0 Å². The van der Waals surface area contributed by atoms with Crippen molar-refractivity contribution in [2.24, 2.45) is 46.3 Å². The molecule has 7 heteroatoms. The summed E-state index contributed by atoms with van der Waals surface area (Å²) in [6.45, 7) is 10.1. The molecule has 0 bridgehead atoms. The molecular formula is C29H45IO6. The van der Waals surface area contributed by atoms with Crippen molar-refractivity contribution in [3.63, 3.8) is 0 Å².